The van der Waals surface area contributed by atoms with Crippen molar-refractivity contribution >= 4 is 21.4 Å². The Kier molecular flexibility index (Phi) is 4.06. The van der Waals surface area contributed by atoms with Crippen LogP contribution in [0.15, 0.2) is 24.4 Å². The molecule has 1 fully saturated rings. The SMILES string of the molecule is COc1cc(F)ccc1-c1cnc2sc(N3CC[C@@H](O)[C@H](N)C3)nn12. The van der Waals surface area contributed by atoms with Gasteiger partial charge < -0.3 is 20.5 Å². The summed E-state index contributed by atoms with van der Waals surface area (Å²) in [5.41, 5.74) is 7.41. The number of nitrogens with zero attached hydrogens (tertiary/aromatic N) is 4. The number of hydrogen-bond acceptors (Lipinski definition) is 7. The average molecular weight is 363 g/mol. The largest absolute Gasteiger partial charge is 0.496 e. The van der Waals surface area contributed by atoms with E-state index in [1.165, 1.54) is 30.6 Å². The third-order valence-corrected chi connectivity index (χ3v) is 5.39. The number of halogens is 1. The molecule has 9 heteroatoms. The molecule has 1 saturated heterocycles. The van der Waals surface area contributed by atoms with Gasteiger partial charge in [-0.2, -0.15) is 0 Å². The Morgan fingerprint density at radius 3 is 3.04 bits per heavy atom. The van der Waals surface area contributed by atoms with Gasteiger partial charge in [0, 0.05) is 30.8 Å². The molecule has 3 heterocycles. The number of imidazole rings is 1. The number of rotatable bonds is 3. The van der Waals surface area contributed by atoms with E-state index in [2.05, 4.69) is 15.0 Å². The van der Waals surface area contributed by atoms with E-state index in [1.807, 2.05) is 0 Å². The second-order valence-electron chi connectivity index (χ2n) is 6.03. The minimum atomic E-state index is -0.473. The zero-order valence-corrected chi connectivity index (χ0v) is 14.4. The van der Waals surface area contributed by atoms with Gasteiger partial charge in [-0.25, -0.2) is 13.9 Å². The lowest BCUT2D eigenvalue weighted by molar-refractivity contribution is 0.124. The van der Waals surface area contributed by atoms with Gasteiger partial charge in [-0.15, -0.1) is 5.10 Å². The molecule has 1 aliphatic rings. The Balaban J connectivity index is 1.72. The normalized spacial score (nSPS) is 21.0. The van der Waals surface area contributed by atoms with Crippen LogP contribution in [0.5, 0.6) is 5.75 Å². The predicted molar refractivity (Wildman–Crippen MR) is 93.6 cm³/mol. The van der Waals surface area contributed by atoms with Crippen molar-refractivity contribution in [2.75, 3.05) is 25.1 Å². The number of anilines is 1. The van der Waals surface area contributed by atoms with Crippen LogP contribution in [0.25, 0.3) is 16.2 Å². The van der Waals surface area contributed by atoms with Crippen LogP contribution < -0.4 is 15.4 Å². The minimum Gasteiger partial charge on any atom is -0.496 e. The topological polar surface area (TPSA) is 88.9 Å². The first kappa shape index (κ1) is 16.2. The smallest absolute Gasteiger partial charge is 0.214 e. The third-order valence-electron chi connectivity index (χ3n) is 4.41. The van der Waals surface area contributed by atoms with E-state index in [0.717, 1.165) is 21.3 Å². The standard InChI is InChI=1S/C16H18FN5O2S/c1-24-14-6-9(17)2-3-10(14)12-7-19-15-22(12)20-16(25-15)21-5-4-13(23)11(18)8-21/h2-3,6-7,11,13,23H,4-5,8,18H2,1H3/t11-,13-/m1/s1. The molecule has 132 valence electrons. The van der Waals surface area contributed by atoms with Crippen molar-refractivity contribution in [3.63, 3.8) is 0 Å². The first-order valence-corrected chi connectivity index (χ1v) is 8.75. The maximum atomic E-state index is 13.5. The summed E-state index contributed by atoms with van der Waals surface area (Å²) in [5.74, 6) is 0.0701. The van der Waals surface area contributed by atoms with Gasteiger partial charge in [0.15, 0.2) is 0 Å². The Morgan fingerprint density at radius 2 is 2.28 bits per heavy atom. The summed E-state index contributed by atoms with van der Waals surface area (Å²) in [6.07, 6.45) is 1.84. The summed E-state index contributed by atoms with van der Waals surface area (Å²) in [6.45, 7) is 1.24. The van der Waals surface area contributed by atoms with Crippen LogP contribution in [0.4, 0.5) is 9.52 Å². The highest BCUT2D eigenvalue weighted by molar-refractivity contribution is 7.20. The second-order valence-corrected chi connectivity index (χ2v) is 6.97. The van der Waals surface area contributed by atoms with Gasteiger partial charge in [0.25, 0.3) is 0 Å². The van der Waals surface area contributed by atoms with Gasteiger partial charge in [-0.05, 0) is 18.6 Å². The summed E-state index contributed by atoms with van der Waals surface area (Å²) in [5, 5.41) is 15.2. The van der Waals surface area contributed by atoms with Gasteiger partial charge in [-0.1, -0.05) is 11.3 Å². The molecule has 1 aliphatic heterocycles. The summed E-state index contributed by atoms with van der Waals surface area (Å²) < 4.78 is 20.5. The zero-order chi connectivity index (χ0) is 17.6. The zero-order valence-electron chi connectivity index (χ0n) is 13.6. The molecule has 1 aromatic carbocycles. The van der Waals surface area contributed by atoms with Crippen LogP contribution >= 0.6 is 11.3 Å². The molecule has 25 heavy (non-hydrogen) atoms. The number of nitrogens with two attached hydrogens (primary N) is 1. The predicted octanol–water partition coefficient (Wildman–Crippen LogP) is 1.50. The fraction of sp³-hybridized carbons (Fsp3) is 0.375. The highest BCUT2D eigenvalue weighted by Crippen LogP contribution is 2.34. The molecular formula is C16H18FN5O2S. The lowest BCUT2D eigenvalue weighted by Crippen LogP contribution is -2.51. The number of aliphatic hydroxyl groups excluding tert-OH is 1. The third kappa shape index (κ3) is 2.84. The van der Waals surface area contributed by atoms with Gasteiger partial charge in [-0.3, -0.25) is 0 Å². The van der Waals surface area contributed by atoms with Crippen molar-refractivity contribution in [3.05, 3.63) is 30.2 Å². The van der Waals surface area contributed by atoms with Gasteiger partial charge in [0.2, 0.25) is 10.1 Å². The number of fused-ring (bicyclic) bond motifs is 1. The lowest BCUT2D eigenvalue weighted by atomic mass is 10.0. The molecule has 3 aromatic rings. The van der Waals surface area contributed by atoms with E-state index in [4.69, 9.17) is 10.5 Å². The van der Waals surface area contributed by atoms with E-state index >= 15 is 0 Å². The monoisotopic (exact) mass is 363 g/mol. The van der Waals surface area contributed by atoms with Crippen LogP contribution in [0.1, 0.15) is 6.42 Å². The van der Waals surface area contributed by atoms with E-state index in [-0.39, 0.29) is 11.9 Å². The Bertz CT molecular complexity index is 911. The molecule has 2 atom stereocenters. The summed E-state index contributed by atoms with van der Waals surface area (Å²) in [6, 6.07) is 4.09. The molecule has 2 aromatic heterocycles. The molecule has 0 saturated carbocycles. The van der Waals surface area contributed by atoms with Crippen molar-refractivity contribution in [2.45, 2.75) is 18.6 Å². The average Bonchev–Trinajstić information content (AvgIpc) is 3.18. The number of aliphatic hydroxyl groups is 1. The molecule has 3 N–H and O–H groups in total. The van der Waals surface area contributed by atoms with Crippen molar-refractivity contribution in [1.82, 2.24) is 14.6 Å². The molecule has 7 nitrogen and oxygen atoms in total. The van der Waals surface area contributed by atoms with Gasteiger partial charge in [0.1, 0.15) is 11.6 Å². The molecule has 4 rings (SSSR count). The van der Waals surface area contributed by atoms with E-state index in [0.29, 0.717) is 25.3 Å². The fourth-order valence-corrected chi connectivity index (χ4v) is 3.93. The van der Waals surface area contributed by atoms with Crippen LogP contribution in [0, 0.1) is 5.82 Å². The number of benzene rings is 1. The summed E-state index contributed by atoms with van der Waals surface area (Å²) >= 11 is 1.45. The Hall–Kier alpha value is -2.23. The molecule has 0 amide bonds. The lowest BCUT2D eigenvalue weighted by Gasteiger charge is -2.33. The number of hydrogen-bond donors (Lipinski definition) is 2. The molecule has 0 aliphatic carbocycles. The van der Waals surface area contributed by atoms with Crippen molar-refractivity contribution < 1.29 is 14.2 Å². The summed E-state index contributed by atoms with van der Waals surface area (Å²) in [4.78, 5) is 7.20. The molecule has 0 unspecified atom stereocenters. The fourth-order valence-electron chi connectivity index (χ4n) is 3.01. The van der Waals surface area contributed by atoms with Crippen molar-refractivity contribution in [3.8, 4) is 17.0 Å². The maximum absolute atomic E-state index is 13.5. The summed E-state index contributed by atoms with van der Waals surface area (Å²) in [7, 11) is 1.50. The highest BCUT2D eigenvalue weighted by Gasteiger charge is 2.27. The van der Waals surface area contributed by atoms with Crippen LogP contribution in [-0.2, 0) is 0 Å². The van der Waals surface area contributed by atoms with E-state index in [1.54, 1.807) is 16.8 Å². The van der Waals surface area contributed by atoms with Crippen LogP contribution in [0.3, 0.4) is 0 Å². The Morgan fingerprint density at radius 1 is 1.44 bits per heavy atom. The van der Waals surface area contributed by atoms with Gasteiger partial charge in [0.05, 0.1) is 25.1 Å². The molecular weight excluding hydrogens is 345 g/mol. The molecule has 0 radical (unpaired) electrons. The Labute approximate surface area is 147 Å². The van der Waals surface area contributed by atoms with E-state index < -0.39 is 6.10 Å². The van der Waals surface area contributed by atoms with Crippen LogP contribution in [0.2, 0.25) is 0 Å². The van der Waals surface area contributed by atoms with Gasteiger partial charge >= 0.3 is 0 Å². The van der Waals surface area contributed by atoms with Crippen LogP contribution in [-0.4, -0.2) is 52.0 Å². The number of ether oxygens (including phenoxy) is 1. The molecule has 0 bridgehead atoms. The quantitative estimate of drug-likeness (QED) is 0.733. The highest BCUT2D eigenvalue weighted by atomic mass is 32.1. The van der Waals surface area contributed by atoms with Crippen molar-refractivity contribution in [1.29, 1.82) is 0 Å². The molecule has 0 spiro atoms. The minimum absolute atomic E-state index is 0.290. The van der Waals surface area contributed by atoms with E-state index in [9.17, 15) is 9.50 Å². The second kappa shape index (κ2) is 6.25. The number of piperidine rings is 1. The number of methoxy groups -OCH3 is 1. The van der Waals surface area contributed by atoms with Crippen molar-refractivity contribution in [2.24, 2.45) is 5.73 Å². The first-order chi connectivity index (χ1) is 12.1. The maximum Gasteiger partial charge on any atom is 0.214 e. The first-order valence-electron chi connectivity index (χ1n) is 7.94. The number of aromatic nitrogens is 3.